The van der Waals surface area contributed by atoms with E-state index in [-0.39, 0.29) is 18.5 Å². The van der Waals surface area contributed by atoms with Gasteiger partial charge in [0.05, 0.1) is 6.04 Å². The van der Waals surface area contributed by atoms with Crippen molar-refractivity contribution in [1.29, 1.82) is 0 Å². The second-order valence-corrected chi connectivity index (χ2v) is 4.36. The number of aliphatic carboxylic acids is 1. The minimum Gasteiger partial charge on any atom is -0.481 e. The van der Waals surface area contributed by atoms with Gasteiger partial charge in [0.15, 0.2) is 0 Å². The van der Waals surface area contributed by atoms with Crippen molar-refractivity contribution in [3.05, 3.63) is 35.9 Å². The first-order chi connectivity index (χ1) is 8.66. The predicted octanol–water partition coefficient (Wildman–Crippen LogP) is 1.62. The third-order valence-corrected chi connectivity index (χ3v) is 3.01. The van der Waals surface area contributed by atoms with E-state index in [1.165, 1.54) is 0 Å². The van der Waals surface area contributed by atoms with Crippen molar-refractivity contribution in [2.24, 2.45) is 0 Å². The summed E-state index contributed by atoms with van der Waals surface area (Å²) in [5.41, 5.74) is 1.08. The molecular formula is C13H16N2O3. The molecule has 0 spiro atoms. The Morgan fingerprint density at radius 2 is 2.11 bits per heavy atom. The van der Waals surface area contributed by atoms with E-state index >= 15 is 0 Å². The third kappa shape index (κ3) is 3.00. The number of rotatable bonds is 5. The van der Waals surface area contributed by atoms with Crippen LogP contribution in [-0.2, 0) is 4.79 Å². The van der Waals surface area contributed by atoms with E-state index in [4.69, 9.17) is 5.11 Å². The van der Waals surface area contributed by atoms with Crippen LogP contribution in [0, 0.1) is 0 Å². The van der Waals surface area contributed by atoms with Gasteiger partial charge in [-0.2, -0.15) is 0 Å². The first-order valence-corrected chi connectivity index (χ1v) is 5.99. The zero-order chi connectivity index (χ0) is 13.0. The number of carboxylic acids is 1. The van der Waals surface area contributed by atoms with E-state index in [2.05, 4.69) is 5.32 Å². The van der Waals surface area contributed by atoms with Gasteiger partial charge in [-0.1, -0.05) is 30.3 Å². The summed E-state index contributed by atoms with van der Waals surface area (Å²) in [4.78, 5) is 23.8. The lowest BCUT2D eigenvalue weighted by molar-refractivity contribution is -0.137. The number of hydrogen-bond acceptors (Lipinski definition) is 2. The maximum absolute atomic E-state index is 11.7. The molecule has 0 aromatic heterocycles. The summed E-state index contributed by atoms with van der Waals surface area (Å²) >= 11 is 0. The first-order valence-electron chi connectivity index (χ1n) is 5.99. The number of amides is 2. The Hall–Kier alpha value is -2.04. The number of benzene rings is 1. The Labute approximate surface area is 105 Å². The van der Waals surface area contributed by atoms with Crippen LogP contribution in [0.2, 0.25) is 0 Å². The molecule has 1 aromatic carbocycles. The third-order valence-electron chi connectivity index (χ3n) is 3.01. The molecule has 1 aliphatic heterocycles. The monoisotopic (exact) mass is 248 g/mol. The Balaban J connectivity index is 1.89. The molecular weight excluding hydrogens is 232 g/mol. The number of nitrogens with one attached hydrogen (secondary N) is 1. The van der Waals surface area contributed by atoms with Gasteiger partial charge in [0.1, 0.15) is 0 Å². The Morgan fingerprint density at radius 3 is 2.78 bits per heavy atom. The van der Waals surface area contributed by atoms with Gasteiger partial charge in [0.25, 0.3) is 0 Å². The number of carboxylic acid groups (broad SMARTS) is 1. The van der Waals surface area contributed by atoms with Crippen molar-refractivity contribution in [1.82, 2.24) is 10.2 Å². The van der Waals surface area contributed by atoms with Crippen molar-refractivity contribution in [3.8, 4) is 0 Å². The fraction of sp³-hybridized carbons (Fsp3) is 0.385. The second kappa shape index (κ2) is 5.53. The van der Waals surface area contributed by atoms with Gasteiger partial charge < -0.3 is 15.3 Å². The summed E-state index contributed by atoms with van der Waals surface area (Å²) in [7, 11) is 0. The number of hydrogen-bond donors (Lipinski definition) is 2. The maximum atomic E-state index is 11.7. The average molecular weight is 248 g/mol. The van der Waals surface area contributed by atoms with Crippen LogP contribution in [-0.4, -0.2) is 35.1 Å². The topological polar surface area (TPSA) is 69.6 Å². The largest absolute Gasteiger partial charge is 0.481 e. The van der Waals surface area contributed by atoms with Crippen LogP contribution in [0.4, 0.5) is 4.79 Å². The van der Waals surface area contributed by atoms with E-state index in [0.29, 0.717) is 19.5 Å². The molecule has 5 nitrogen and oxygen atoms in total. The smallest absolute Gasteiger partial charge is 0.318 e. The van der Waals surface area contributed by atoms with E-state index in [9.17, 15) is 9.59 Å². The molecule has 2 amide bonds. The van der Waals surface area contributed by atoms with Gasteiger partial charge in [0, 0.05) is 19.5 Å². The molecule has 2 N–H and O–H groups in total. The van der Waals surface area contributed by atoms with E-state index in [1.807, 2.05) is 30.3 Å². The average Bonchev–Trinajstić information content (AvgIpc) is 2.72. The van der Waals surface area contributed by atoms with Crippen LogP contribution in [0.1, 0.15) is 24.4 Å². The highest BCUT2D eigenvalue weighted by molar-refractivity contribution is 5.77. The SMILES string of the molecule is O=C(O)CCCN1CC(c2ccccc2)NC1=O. The molecule has 1 unspecified atom stereocenters. The van der Waals surface area contributed by atoms with Gasteiger partial charge in [-0.3, -0.25) is 4.79 Å². The number of nitrogens with zero attached hydrogens (tertiary/aromatic N) is 1. The molecule has 1 aromatic rings. The molecule has 96 valence electrons. The van der Waals surface area contributed by atoms with Gasteiger partial charge in [-0.15, -0.1) is 0 Å². The zero-order valence-electron chi connectivity index (χ0n) is 10.0. The predicted molar refractivity (Wildman–Crippen MR) is 66.2 cm³/mol. The van der Waals surface area contributed by atoms with Gasteiger partial charge >= 0.3 is 12.0 Å². The van der Waals surface area contributed by atoms with Crippen LogP contribution in [0.25, 0.3) is 0 Å². The van der Waals surface area contributed by atoms with Crippen molar-refractivity contribution in [2.75, 3.05) is 13.1 Å². The van der Waals surface area contributed by atoms with Gasteiger partial charge in [-0.25, -0.2) is 4.79 Å². The molecule has 1 atom stereocenters. The van der Waals surface area contributed by atoms with Crippen molar-refractivity contribution < 1.29 is 14.7 Å². The van der Waals surface area contributed by atoms with Gasteiger partial charge in [0.2, 0.25) is 0 Å². The minimum atomic E-state index is -0.825. The quantitative estimate of drug-likeness (QED) is 0.831. The number of carbonyl (C=O) groups excluding carboxylic acids is 1. The normalized spacial score (nSPS) is 18.8. The zero-order valence-corrected chi connectivity index (χ0v) is 10.0. The fourth-order valence-electron chi connectivity index (χ4n) is 2.08. The summed E-state index contributed by atoms with van der Waals surface area (Å²) < 4.78 is 0. The fourth-order valence-corrected chi connectivity index (χ4v) is 2.08. The highest BCUT2D eigenvalue weighted by Crippen LogP contribution is 2.20. The molecule has 0 radical (unpaired) electrons. The van der Waals surface area contributed by atoms with Crippen LogP contribution < -0.4 is 5.32 Å². The Bertz CT molecular complexity index is 433. The lowest BCUT2D eigenvalue weighted by Crippen LogP contribution is -2.29. The van der Waals surface area contributed by atoms with E-state index in [0.717, 1.165) is 5.56 Å². The Morgan fingerprint density at radius 1 is 1.39 bits per heavy atom. The van der Waals surface area contributed by atoms with Crippen LogP contribution in [0.3, 0.4) is 0 Å². The molecule has 18 heavy (non-hydrogen) atoms. The van der Waals surface area contributed by atoms with Crippen LogP contribution in [0.15, 0.2) is 30.3 Å². The Kier molecular flexibility index (Phi) is 3.82. The molecule has 0 bridgehead atoms. The molecule has 2 rings (SSSR count). The second-order valence-electron chi connectivity index (χ2n) is 4.36. The van der Waals surface area contributed by atoms with Gasteiger partial charge in [-0.05, 0) is 12.0 Å². The molecule has 1 fully saturated rings. The van der Waals surface area contributed by atoms with Crippen molar-refractivity contribution >= 4 is 12.0 Å². The van der Waals surface area contributed by atoms with Crippen molar-refractivity contribution in [3.63, 3.8) is 0 Å². The summed E-state index contributed by atoms with van der Waals surface area (Å²) in [5.74, 6) is -0.825. The van der Waals surface area contributed by atoms with Crippen LogP contribution in [0.5, 0.6) is 0 Å². The molecule has 1 heterocycles. The lowest BCUT2D eigenvalue weighted by atomic mass is 10.1. The van der Waals surface area contributed by atoms with Crippen molar-refractivity contribution in [2.45, 2.75) is 18.9 Å². The summed E-state index contributed by atoms with van der Waals surface area (Å²) in [6.45, 7) is 1.09. The minimum absolute atomic E-state index is 0.00327. The molecule has 1 saturated heterocycles. The molecule has 0 aliphatic carbocycles. The first kappa shape index (κ1) is 12.4. The molecule has 1 aliphatic rings. The molecule has 5 heteroatoms. The summed E-state index contributed by atoms with van der Waals surface area (Å²) in [6, 6.07) is 9.66. The summed E-state index contributed by atoms with van der Waals surface area (Å²) in [5, 5.41) is 11.5. The van der Waals surface area contributed by atoms with E-state index in [1.54, 1.807) is 4.90 Å². The standard InChI is InChI=1S/C13H16N2O3/c16-12(17)7-4-8-15-9-11(14-13(15)18)10-5-2-1-3-6-10/h1-3,5-6,11H,4,7-9H2,(H,14,18)(H,16,17). The lowest BCUT2D eigenvalue weighted by Gasteiger charge is -2.13. The number of carbonyl (C=O) groups is 2. The summed E-state index contributed by atoms with van der Waals surface area (Å²) in [6.07, 6.45) is 0.587. The number of urea groups is 1. The highest BCUT2D eigenvalue weighted by atomic mass is 16.4. The maximum Gasteiger partial charge on any atom is 0.318 e. The molecule has 0 saturated carbocycles. The van der Waals surface area contributed by atoms with Crippen LogP contribution >= 0.6 is 0 Å². The van der Waals surface area contributed by atoms with E-state index < -0.39 is 5.97 Å². The highest BCUT2D eigenvalue weighted by Gasteiger charge is 2.28.